The number of piperazine rings is 1. The number of aryl methyl sites for hydroxylation is 1. The van der Waals surface area contributed by atoms with Crippen LogP contribution in [0.25, 0.3) is 0 Å². The number of nitrogens with one attached hydrogen (secondary N) is 1. The number of hydrogen-bond acceptors (Lipinski definition) is 5. The largest absolute Gasteiger partial charge is 0.462 e. The number of carbonyl (C=O) groups excluding carboxylic acids is 1. The van der Waals surface area contributed by atoms with Crippen molar-refractivity contribution >= 4 is 23.9 Å². The number of nitrogens with zero attached hydrogens (tertiary/aromatic N) is 1. The molecule has 0 saturated carbocycles. The smallest absolute Gasteiger partial charge is 0.416 e. The maximum absolute atomic E-state index is 13.1. The van der Waals surface area contributed by atoms with E-state index in [0.29, 0.717) is 11.4 Å². The van der Waals surface area contributed by atoms with Crippen molar-refractivity contribution in [1.82, 2.24) is 5.32 Å². The molecule has 2 aromatic rings. The van der Waals surface area contributed by atoms with E-state index in [-0.39, 0.29) is 5.60 Å². The quantitative estimate of drug-likeness (QED) is 0.615. The van der Waals surface area contributed by atoms with Crippen molar-refractivity contribution in [2.45, 2.75) is 49.3 Å². The second kappa shape index (κ2) is 10.9. The molecule has 0 unspecified atom stereocenters. The number of hydrogen-bond donors (Lipinski definition) is 1. The molecule has 1 heterocycles. The highest BCUT2D eigenvalue weighted by atomic mass is 32.2. The van der Waals surface area contributed by atoms with Gasteiger partial charge >= 0.3 is 6.18 Å². The van der Waals surface area contributed by atoms with Crippen LogP contribution in [0.15, 0.2) is 52.3 Å². The van der Waals surface area contributed by atoms with E-state index in [9.17, 15) is 18.0 Å². The molecule has 3 rings (SSSR count). The monoisotopic (exact) mass is 454 g/mol. The number of anilines is 1. The van der Waals surface area contributed by atoms with Gasteiger partial charge < -0.3 is 15.0 Å². The summed E-state index contributed by atoms with van der Waals surface area (Å²) in [5.41, 5.74) is 1.08. The lowest BCUT2D eigenvalue weighted by molar-refractivity contribution is -0.139. The van der Waals surface area contributed by atoms with Crippen molar-refractivity contribution in [2.24, 2.45) is 0 Å². The van der Waals surface area contributed by atoms with Crippen LogP contribution < -0.4 is 10.2 Å². The molecule has 0 bridgehead atoms. The van der Waals surface area contributed by atoms with E-state index >= 15 is 0 Å². The number of ether oxygens (including phenoxy) is 1. The fraction of sp³-hybridized carbons (Fsp3) is 0.435. The normalized spacial score (nSPS) is 14.5. The predicted octanol–water partition coefficient (Wildman–Crippen LogP) is 5.53. The molecule has 0 radical (unpaired) electrons. The summed E-state index contributed by atoms with van der Waals surface area (Å²) in [5, 5.41) is 3.27. The molecule has 0 atom stereocenters. The Kier molecular flexibility index (Phi) is 8.82. The van der Waals surface area contributed by atoms with Gasteiger partial charge in [-0.05, 0) is 58.0 Å². The molecule has 1 aliphatic rings. The van der Waals surface area contributed by atoms with Crippen molar-refractivity contribution in [3.63, 3.8) is 0 Å². The number of benzene rings is 2. The Morgan fingerprint density at radius 3 is 2.13 bits per heavy atom. The number of rotatable bonds is 4. The van der Waals surface area contributed by atoms with Gasteiger partial charge in [-0.15, -0.1) is 0 Å². The van der Waals surface area contributed by atoms with Crippen LogP contribution in [0.1, 0.15) is 31.9 Å². The van der Waals surface area contributed by atoms with Crippen LogP contribution in [-0.4, -0.2) is 38.3 Å². The van der Waals surface area contributed by atoms with Gasteiger partial charge in [-0.1, -0.05) is 29.5 Å². The zero-order valence-corrected chi connectivity index (χ0v) is 19.1. The Morgan fingerprint density at radius 1 is 1.03 bits per heavy atom. The molecule has 0 amide bonds. The molecule has 1 fully saturated rings. The van der Waals surface area contributed by atoms with Gasteiger partial charge in [0, 0.05) is 36.0 Å². The summed E-state index contributed by atoms with van der Waals surface area (Å²) in [5.74, 6) is 0. The molecule has 31 heavy (non-hydrogen) atoms. The van der Waals surface area contributed by atoms with Crippen LogP contribution in [0, 0.1) is 6.92 Å². The van der Waals surface area contributed by atoms with E-state index in [4.69, 9.17) is 0 Å². The second-order valence-corrected chi connectivity index (χ2v) is 9.27. The van der Waals surface area contributed by atoms with Crippen LogP contribution in [-0.2, 0) is 15.7 Å². The molecule has 0 aromatic heterocycles. The lowest BCUT2D eigenvalue weighted by Gasteiger charge is -2.31. The standard InChI is InChI=1S/C18H19F3N2S.C5H10O2/c1-13-2-5-15(6-3-13)24-17-12-14(18(19,20)21)4-7-16(17)23-10-8-22-9-11-23;1-5(2,3)7-4-6/h2-7,12,22H,8-11H2,1H3;4H,1-3H3. The van der Waals surface area contributed by atoms with E-state index < -0.39 is 11.7 Å². The van der Waals surface area contributed by atoms with Gasteiger partial charge in [0.15, 0.2) is 0 Å². The van der Waals surface area contributed by atoms with Crippen LogP contribution in [0.4, 0.5) is 18.9 Å². The van der Waals surface area contributed by atoms with Crippen molar-refractivity contribution in [3.05, 3.63) is 53.6 Å². The van der Waals surface area contributed by atoms with Crippen LogP contribution in [0.2, 0.25) is 0 Å². The van der Waals surface area contributed by atoms with Gasteiger partial charge in [-0.3, -0.25) is 4.79 Å². The first-order chi connectivity index (χ1) is 14.5. The Labute approximate surface area is 186 Å². The van der Waals surface area contributed by atoms with Crippen LogP contribution in [0.3, 0.4) is 0 Å². The highest BCUT2D eigenvalue weighted by Gasteiger charge is 2.31. The highest BCUT2D eigenvalue weighted by Crippen LogP contribution is 2.40. The molecule has 1 aliphatic heterocycles. The van der Waals surface area contributed by atoms with E-state index in [1.165, 1.54) is 23.9 Å². The second-order valence-electron chi connectivity index (χ2n) is 8.16. The lowest BCUT2D eigenvalue weighted by atomic mass is 10.1. The molecule has 1 N–H and O–H groups in total. The maximum Gasteiger partial charge on any atom is 0.416 e. The summed E-state index contributed by atoms with van der Waals surface area (Å²) in [4.78, 5) is 13.3. The molecule has 2 aromatic carbocycles. The number of alkyl halides is 3. The summed E-state index contributed by atoms with van der Waals surface area (Å²) in [6.45, 7) is 11.2. The van der Waals surface area contributed by atoms with E-state index in [0.717, 1.165) is 42.3 Å². The minimum atomic E-state index is -4.33. The fourth-order valence-electron chi connectivity index (χ4n) is 2.82. The number of carbonyl (C=O) groups is 1. The Hall–Kier alpha value is -2.19. The first-order valence-corrected chi connectivity index (χ1v) is 10.8. The first kappa shape index (κ1) is 25.1. The molecule has 0 spiro atoms. The molecule has 170 valence electrons. The SMILES string of the molecule is CC(C)(C)OC=O.Cc1ccc(Sc2cc(C(F)(F)F)ccc2N2CCNCC2)cc1. The average molecular weight is 455 g/mol. The van der Waals surface area contributed by atoms with E-state index in [2.05, 4.69) is 15.0 Å². The van der Waals surface area contributed by atoms with Crippen LogP contribution in [0.5, 0.6) is 0 Å². The van der Waals surface area contributed by atoms with Gasteiger partial charge in [0.05, 0.1) is 11.3 Å². The molecular formula is C23H29F3N2O2S. The Morgan fingerprint density at radius 2 is 1.65 bits per heavy atom. The number of halogens is 3. The van der Waals surface area contributed by atoms with Gasteiger partial charge in [0.1, 0.15) is 5.60 Å². The van der Waals surface area contributed by atoms with Crippen LogP contribution >= 0.6 is 11.8 Å². The van der Waals surface area contributed by atoms with Gasteiger partial charge in [-0.25, -0.2) is 0 Å². The maximum atomic E-state index is 13.1. The minimum absolute atomic E-state index is 0.318. The van der Waals surface area contributed by atoms with Crippen molar-refractivity contribution < 1.29 is 22.7 Å². The van der Waals surface area contributed by atoms with Crippen molar-refractivity contribution in [1.29, 1.82) is 0 Å². The zero-order valence-electron chi connectivity index (χ0n) is 18.3. The van der Waals surface area contributed by atoms with Gasteiger partial charge in [-0.2, -0.15) is 13.2 Å². The average Bonchev–Trinajstić information content (AvgIpc) is 2.69. The fourth-order valence-corrected chi connectivity index (χ4v) is 3.83. The third kappa shape index (κ3) is 8.45. The van der Waals surface area contributed by atoms with Crippen molar-refractivity contribution in [2.75, 3.05) is 31.1 Å². The third-order valence-electron chi connectivity index (χ3n) is 4.40. The topological polar surface area (TPSA) is 41.6 Å². The van der Waals surface area contributed by atoms with Crippen molar-refractivity contribution in [3.8, 4) is 0 Å². The third-order valence-corrected chi connectivity index (χ3v) is 5.45. The lowest BCUT2D eigenvalue weighted by Crippen LogP contribution is -2.43. The summed E-state index contributed by atoms with van der Waals surface area (Å²) in [6, 6.07) is 11.9. The Balaban J connectivity index is 0.000000423. The molecular weight excluding hydrogens is 425 g/mol. The Bertz CT molecular complexity index is 843. The highest BCUT2D eigenvalue weighted by molar-refractivity contribution is 7.99. The molecule has 1 saturated heterocycles. The van der Waals surface area contributed by atoms with Gasteiger partial charge in [0.25, 0.3) is 6.47 Å². The minimum Gasteiger partial charge on any atom is -0.462 e. The predicted molar refractivity (Wildman–Crippen MR) is 119 cm³/mol. The van der Waals surface area contributed by atoms with Gasteiger partial charge in [0.2, 0.25) is 0 Å². The molecule has 0 aliphatic carbocycles. The summed E-state index contributed by atoms with van der Waals surface area (Å²) in [6.07, 6.45) is -4.33. The summed E-state index contributed by atoms with van der Waals surface area (Å²) >= 11 is 1.38. The summed E-state index contributed by atoms with van der Waals surface area (Å²) in [7, 11) is 0. The first-order valence-electron chi connectivity index (χ1n) is 10.0. The van der Waals surface area contributed by atoms with E-state index in [1.807, 2.05) is 52.0 Å². The molecule has 4 nitrogen and oxygen atoms in total. The molecule has 8 heteroatoms. The zero-order chi connectivity index (χ0) is 23.1. The van der Waals surface area contributed by atoms with E-state index in [1.54, 1.807) is 6.07 Å². The summed E-state index contributed by atoms with van der Waals surface area (Å²) < 4.78 is 43.9.